The predicted molar refractivity (Wildman–Crippen MR) is 479 cm³/mol. The van der Waals surface area contributed by atoms with Crippen molar-refractivity contribution in [3.63, 3.8) is 0 Å². The van der Waals surface area contributed by atoms with Crippen molar-refractivity contribution in [3.8, 4) is 551 Å². The van der Waals surface area contributed by atoms with E-state index in [0.717, 1.165) is 22.6 Å². The van der Waals surface area contributed by atoms with E-state index in [-0.39, 0.29) is 10.8 Å². The fourth-order valence-electron chi connectivity index (χ4n) is 6.22. The Labute approximate surface area is 730 Å². The number of alkyl halides is 3. The van der Waals surface area contributed by atoms with Gasteiger partial charge in [-0.25, -0.2) is 4.85 Å². The molecule has 0 spiro atoms. The molecular formula is C115H21F3N4OS. The molecule has 124 heavy (non-hydrogen) atoms. The molecule has 1 heterocycles. The average molecular weight is 1560 g/mol. The maximum atomic E-state index is 13.4. The van der Waals surface area contributed by atoms with Gasteiger partial charge in [0.25, 0.3) is 5.91 Å². The number of halogens is 3. The second kappa shape index (κ2) is 69.8. The minimum atomic E-state index is -4.72. The van der Waals surface area contributed by atoms with Gasteiger partial charge in [0.05, 0.1) is 12.1 Å². The van der Waals surface area contributed by atoms with Crippen LogP contribution in [0.2, 0.25) is 0 Å². The number of carbonyl (C=O) groups is 1. The summed E-state index contributed by atoms with van der Waals surface area (Å²) in [4.78, 5) is 19.0. The highest BCUT2D eigenvalue weighted by molar-refractivity contribution is 7.81. The zero-order chi connectivity index (χ0) is 89.3. The maximum Gasteiger partial charge on any atom is 0.407 e. The van der Waals surface area contributed by atoms with E-state index in [0.29, 0.717) is 12.1 Å². The van der Waals surface area contributed by atoms with Crippen LogP contribution >= 0.6 is 12.2 Å². The summed E-state index contributed by atoms with van der Waals surface area (Å²) < 4.78 is 40.2. The Morgan fingerprint density at radius 1 is 0.323 bits per heavy atom. The molecule has 1 fully saturated rings. The van der Waals surface area contributed by atoms with Crippen LogP contribution in [0.1, 0.15) is 38.3 Å². The lowest BCUT2D eigenvalue weighted by atomic mass is 9.96. The van der Waals surface area contributed by atoms with Gasteiger partial charge in [-0.3, -0.25) is 9.69 Å². The Morgan fingerprint density at radius 2 is 0.500 bits per heavy atom. The van der Waals surface area contributed by atoms with E-state index < -0.39 is 28.9 Å². The first kappa shape index (κ1) is 96.4. The van der Waals surface area contributed by atoms with Gasteiger partial charge in [0, 0.05) is 503 Å². The van der Waals surface area contributed by atoms with Crippen LogP contribution in [-0.4, -0.2) is 16.6 Å². The standard InChI is InChI=1S/C94H3N.C21H18F3N3OS/c1-2-3-4-5-6-7-8-9-10-11-12-13-14-15-16-17-18-19-20-21-22-23-24-25-26-27-28-29-30-31-32-33-34-35-36-37-38-39-40-41-42-43-44-45-46-47-48-49-50-51-52-53-54-55-56-57-58-59-60-61-62-63-64-65-66-67-68-69-70-71-72-73-74-75-76-77-78-79-80-81-82-83-84-85-86-87-88-89-90-91-92-93-94-95;1-5-20(3)18(28)26(19(29)27(20)14-8-6-13(2)7-9-14)15-10-11-17(25-4)16(12-15)21(22,23)24/h1H3;6-12H,5H2,1-3H3. The lowest BCUT2D eigenvalue weighted by molar-refractivity contribution is -0.136. The van der Waals surface area contributed by atoms with E-state index in [1.807, 2.05) is 38.1 Å². The van der Waals surface area contributed by atoms with Gasteiger partial charge < -0.3 is 4.90 Å². The van der Waals surface area contributed by atoms with Crippen molar-refractivity contribution in [2.45, 2.75) is 45.8 Å². The molecule has 0 saturated carbocycles. The number of rotatable bonds is 3. The third kappa shape index (κ3) is 51.6. The number of thiocarbonyl (C=S) groups is 1. The monoisotopic (exact) mass is 1560 g/mol. The van der Waals surface area contributed by atoms with Crippen LogP contribution in [0.4, 0.5) is 30.2 Å². The fraction of sp³-hybridized carbons (Fsp3) is 0.0609. The van der Waals surface area contributed by atoms with Crippen molar-refractivity contribution in [3.05, 3.63) is 65.0 Å². The molecule has 1 aliphatic rings. The molecular weight excluding hydrogens is 1540 g/mol. The quantitative estimate of drug-likeness (QED) is 0.199. The van der Waals surface area contributed by atoms with Crippen LogP contribution < -0.4 is 9.80 Å². The summed E-state index contributed by atoms with van der Waals surface area (Å²) in [5, 5.41) is 8.32. The lowest BCUT2D eigenvalue weighted by Crippen LogP contribution is -2.46. The van der Waals surface area contributed by atoms with E-state index in [1.54, 1.807) is 24.8 Å². The van der Waals surface area contributed by atoms with Gasteiger partial charge in [0.2, 0.25) is 0 Å². The summed E-state index contributed by atoms with van der Waals surface area (Å²) in [6.45, 7) is 14.2. The first-order chi connectivity index (χ1) is 61.0. The summed E-state index contributed by atoms with van der Waals surface area (Å²) in [7, 11) is 0. The van der Waals surface area contributed by atoms with Crippen LogP contribution in [-0.2, 0) is 11.0 Å². The van der Waals surface area contributed by atoms with Crippen LogP contribution in [0.5, 0.6) is 0 Å². The molecule has 0 aromatic heterocycles. The van der Waals surface area contributed by atoms with E-state index >= 15 is 0 Å². The smallest absolute Gasteiger partial charge is 0.303 e. The molecule has 0 radical (unpaired) electrons. The second-order valence-corrected chi connectivity index (χ2v) is 19.1. The minimum Gasteiger partial charge on any atom is -0.303 e. The summed E-state index contributed by atoms with van der Waals surface area (Å²) in [5.74, 6) is 229. The summed E-state index contributed by atoms with van der Waals surface area (Å²) in [6.07, 6.45) is -4.31. The van der Waals surface area contributed by atoms with Gasteiger partial charge in [0.1, 0.15) is 5.54 Å². The predicted octanol–water partition coefficient (Wildman–Crippen LogP) is 6.56. The van der Waals surface area contributed by atoms with Gasteiger partial charge in [-0.05, 0) is 111 Å². The Hall–Kier alpha value is -23.7. The lowest BCUT2D eigenvalue weighted by Gasteiger charge is -2.32. The number of anilines is 2. The molecule has 0 bridgehead atoms. The molecule has 2 aromatic carbocycles. The van der Waals surface area contributed by atoms with E-state index in [4.69, 9.17) is 24.1 Å². The van der Waals surface area contributed by atoms with Crippen LogP contribution in [0.3, 0.4) is 0 Å². The van der Waals surface area contributed by atoms with Gasteiger partial charge >= 0.3 is 6.18 Å². The van der Waals surface area contributed by atoms with Gasteiger partial charge in [-0.2, -0.15) is 18.4 Å². The zero-order valence-electron chi connectivity index (χ0n) is 64.0. The summed E-state index contributed by atoms with van der Waals surface area (Å²) in [5.41, 5.74) is -0.933. The van der Waals surface area contributed by atoms with Crippen molar-refractivity contribution in [2.75, 3.05) is 9.80 Å². The molecule has 2 aromatic rings. The van der Waals surface area contributed by atoms with Gasteiger partial charge in [-0.1, -0.05) is 36.6 Å². The molecule has 1 unspecified atom stereocenters. The fourth-order valence-corrected chi connectivity index (χ4v) is 6.72. The highest BCUT2D eigenvalue weighted by Gasteiger charge is 2.52. The molecule has 0 aliphatic carbocycles. The second-order valence-electron chi connectivity index (χ2n) is 18.8. The Morgan fingerprint density at radius 3 is 0.661 bits per heavy atom. The number of carbonyl (C=O) groups excluding carboxylic acids is 1. The first-order valence-electron chi connectivity index (χ1n) is 32.6. The minimum absolute atomic E-state index is 0.00554. The topological polar surface area (TPSA) is 51.7 Å². The third-order valence-corrected chi connectivity index (χ3v) is 11.4. The van der Waals surface area contributed by atoms with Crippen molar-refractivity contribution >= 4 is 40.3 Å². The molecule has 1 aliphatic heterocycles. The SMILES string of the molecule is CC#CC#CC#CC#CC#CC#CC#CC#CC#CC#CC#CC#CC#CC#CC#CC#CC#CC#CC#CC#CC#CC#CC#CC#CC#CC#CC#CC#CC#CC#CC#CC#CC#CC#CC#CC#CC#CC#CC#CC#CC#CC#CC#CC#CC#CC#CC#N.[C-]#[N+]c1ccc(N2C(=O)C(C)(CC)N(c3ccc(C)cc3)C2=S)cc1C(F)(F)F. The van der Waals surface area contributed by atoms with E-state index in [2.05, 4.69) is 550 Å². The Bertz CT molecular complexity index is 8360. The van der Waals surface area contributed by atoms with E-state index in [1.165, 1.54) is 6.07 Å². The third-order valence-electron chi connectivity index (χ3n) is 11.0. The average Bonchev–Trinajstić information content (AvgIpc) is 1.58. The largest absolute Gasteiger partial charge is 0.407 e. The highest BCUT2D eigenvalue weighted by atomic mass is 32.1. The molecule has 5 nitrogen and oxygen atoms in total. The number of nitrogens with zero attached hydrogens (tertiary/aromatic N) is 4. The maximum absolute atomic E-state index is 13.4. The number of aryl methyl sites for hydroxylation is 1. The van der Waals surface area contributed by atoms with Crippen molar-refractivity contribution in [2.24, 2.45) is 0 Å². The van der Waals surface area contributed by atoms with Crippen LogP contribution in [0, 0.1) is 570 Å². The van der Waals surface area contributed by atoms with Crippen molar-refractivity contribution in [1.82, 2.24) is 0 Å². The number of hydrogen-bond donors (Lipinski definition) is 0. The van der Waals surface area contributed by atoms with Crippen LogP contribution in [0.25, 0.3) is 4.85 Å². The van der Waals surface area contributed by atoms with Gasteiger partial charge in [0.15, 0.2) is 16.9 Å². The van der Waals surface area contributed by atoms with Crippen LogP contribution in [0.15, 0.2) is 42.5 Å². The molecule has 1 amide bonds. The molecule has 1 atom stereocenters. The Kier molecular flexibility index (Phi) is 54.2. The molecule has 9 heteroatoms. The van der Waals surface area contributed by atoms with Crippen molar-refractivity contribution in [1.29, 1.82) is 5.26 Å². The van der Waals surface area contributed by atoms with E-state index in [9.17, 15) is 18.0 Å². The molecule has 534 valence electrons. The van der Waals surface area contributed by atoms with Crippen molar-refractivity contribution < 1.29 is 18.0 Å². The molecule has 1 saturated heterocycles. The number of amides is 1. The first-order valence-corrected chi connectivity index (χ1v) is 33.0. The highest BCUT2D eigenvalue weighted by Crippen LogP contribution is 2.43. The zero-order valence-corrected chi connectivity index (χ0v) is 64.8. The number of nitriles is 1. The number of hydrogen-bond acceptors (Lipinski definition) is 3. The number of benzene rings is 2. The van der Waals surface area contributed by atoms with Gasteiger partial charge in [-0.15, -0.1) is 0 Å². The molecule has 3 rings (SSSR count). The normalized spacial score (nSPS) is 7.62. The summed E-state index contributed by atoms with van der Waals surface area (Å²) >= 11 is 5.54. The summed E-state index contributed by atoms with van der Waals surface area (Å²) in [6, 6.07) is 12.2. The Balaban J connectivity index is 0.00000149. The molecule has 0 N–H and O–H groups in total.